The normalized spacial score (nSPS) is 10.2. The van der Waals surface area contributed by atoms with E-state index in [0.717, 1.165) is 17.7 Å². The molecule has 0 aliphatic rings. The van der Waals surface area contributed by atoms with E-state index in [9.17, 15) is 0 Å². The molecule has 76 valence electrons. The number of nitrogen functional groups attached to an aromatic ring is 1. The molecule has 0 atom stereocenters. The highest BCUT2D eigenvalue weighted by Crippen LogP contribution is 2.12. The van der Waals surface area contributed by atoms with Crippen molar-refractivity contribution < 1.29 is 0 Å². The van der Waals surface area contributed by atoms with Gasteiger partial charge in [-0.3, -0.25) is 4.98 Å². The third-order valence-electron chi connectivity index (χ3n) is 2.31. The maximum absolute atomic E-state index is 5.68. The molecule has 2 N–H and O–H groups in total. The molecule has 2 heteroatoms. The molecule has 0 fully saturated rings. The van der Waals surface area contributed by atoms with E-state index in [1.54, 1.807) is 6.20 Å². The van der Waals surface area contributed by atoms with Gasteiger partial charge in [-0.2, -0.15) is 0 Å². The molecule has 0 amide bonds. The molecule has 0 unspecified atom stereocenters. The number of benzene rings is 1. The van der Waals surface area contributed by atoms with Gasteiger partial charge in [-0.1, -0.05) is 29.8 Å². The Labute approximate surface area is 89.8 Å². The van der Waals surface area contributed by atoms with Crippen LogP contribution in [-0.2, 0) is 6.42 Å². The van der Waals surface area contributed by atoms with Gasteiger partial charge in [0, 0.05) is 12.4 Å². The number of anilines is 1. The highest BCUT2D eigenvalue weighted by atomic mass is 14.7. The molecule has 2 rings (SSSR count). The van der Waals surface area contributed by atoms with Crippen LogP contribution in [0.4, 0.5) is 5.69 Å². The fraction of sp³-hybridized carbons (Fsp3) is 0.154. The van der Waals surface area contributed by atoms with Gasteiger partial charge in [-0.25, -0.2) is 0 Å². The lowest BCUT2D eigenvalue weighted by Gasteiger charge is -2.03. The molecule has 2 aromatic rings. The molecule has 0 spiro atoms. The number of aromatic nitrogens is 1. The smallest absolute Gasteiger partial charge is 0.0503 e. The number of aryl methyl sites for hydroxylation is 1. The summed E-state index contributed by atoms with van der Waals surface area (Å²) >= 11 is 0. The summed E-state index contributed by atoms with van der Waals surface area (Å²) in [5.74, 6) is 0. The van der Waals surface area contributed by atoms with Crippen LogP contribution in [0.2, 0.25) is 0 Å². The topological polar surface area (TPSA) is 38.9 Å². The van der Waals surface area contributed by atoms with Crippen molar-refractivity contribution >= 4 is 5.69 Å². The second-order valence-electron chi connectivity index (χ2n) is 3.79. The molecule has 1 heterocycles. The van der Waals surface area contributed by atoms with Gasteiger partial charge in [0.15, 0.2) is 0 Å². The zero-order valence-electron chi connectivity index (χ0n) is 8.77. The largest absolute Gasteiger partial charge is 0.397 e. The number of nitrogens with two attached hydrogens (primary N) is 1. The molecule has 0 radical (unpaired) electrons. The number of pyridine rings is 1. The number of nitrogens with zero attached hydrogens (tertiary/aromatic N) is 1. The fourth-order valence-corrected chi connectivity index (χ4v) is 1.66. The summed E-state index contributed by atoms with van der Waals surface area (Å²) in [6, 6.07) is 10.4. The zero-order valence-corrected chi connectivity index (χ0v) is 8.77. The first-order chi connectivity index (χ1) is 7.24. The highest BCUT2D eigenvalue weighted by molar-refractivity contribution is 5.39. The van der Waals surface area contributed by atoms with Crippen molar-refractivity contribution in [3.05, 3.63) is 59.4 Å². The lowest BCUT2D eigenvalue weighted by Crippen LogP contribution is -1.93. The van der Waals surface area contributed by atoms with Crippen LogP contribution in [0, 0.1) is 6.92 Å². The first kappa shape index (κ1) is 9.71. The summed E-state index contributed by atoms with van der Waals surface area (Å²) < 4.78 is 0. The molecule has 15 heavy (non-hydrogen) atoms. The maximum Gasteiger partial charge on any atom is 0.0503 e. The lowest BCUT2D eigenvalue weighted by atomic mass is 10.0. The molecular formula is C13H14N2. The van der Waals surface area contributed by atoms with Crippen molar-refractivity contribution in [1.29, 1.82) is 0 Å². The Balaban J connectivity index is 2.22. The van der Waals surface area contributed by atoms with Crippen LogP contribution >= 0.6 is 0 Å². The molecular weight excluding hydrogens is 184 g/mol. The first-order valence-electron chi connectivity index (χ1n) is 4.99. The van der Waals surface area contributed by atoms with Crippen LogP contribution in [0.5, 0.6) is 0 Å². The number of hydrogen-bond acceptors (Lipinski definition) is 2. The average molecular weight is 198 g/mol. The van der Waals surface area contributed by atoms with E-state index >= 15 is 0 Å². The molecule has 0 saturated carbocycles. The fourth-order valence-electron chi connectivity index (χ4n) is 1.66. The van der Waals surface area contributed by atoms with Crippen LogP contribution in [0.25, 0.3) is 0 Å². The third-order valence-corrected chi connectivity index (χ3v) is 2.31. The second kappa shape index (κ2) is 4.13. The molecule has 1 aromatic carbocycles. The van der Waals surface area contributed by atoms with Gasteiger partial charge >= 0.3 is 0 Å². The van der Waals surface area contributed by atoms with Crippen molar-refractivity contribution in [2.45, 2.75) is 13.3 Å². The van der Waals surface area contributed by atoms with Gasteiger partial charge < -0.3 is 5.73 Å². The van der Waals surface area contributed by atoms with Gasteiger partial charge in [-0.15, -0.1) is 0 Å². The molecule has 2 nitrogen and oxygen atoms in total. The maximum atomic E-state index is 5.68. The molecule has 0 bridgehead atoms. The highest BCUT2D eigenvalue weighted by Gasteiger charge is 1.97. The van der Waals surface area contributed by atoms with Crippen LogP contribution < -0.4 is 5.73 Å². The standard InChI is InChI=1S/C13H14N2/c1-10-3-2-4-11(5-10)6-12-7-13(14)9-15-8-12/h2-5,7-9H,6,14H2,1H3. The van der Waals surface area contributed by atoms with Gasteiger partial charge in [0.2, 0.25) is 0 Å². The van der Waals surface area contributed by atoms with Crippen molar-refractivity contribution in [2.75, 3.05) is 5.73 Å². The van der Waals surface area contributed by atoms with E-state index < -0.39 is 0 Å². The summed E-state index contributed by atoms with van der Waals surface area (Å²) in [5.41, 5.74) is 10.1. The van der Waals surface area contributed by atoms with Gasteiger partial charge in [0.1, 0.15) is 0 Å². The quantitative estimate of drug-likeness (QED) is 0.805. The van der Waals surface area contributed by atoms with Crippen LogP contribution in [0.15, 0.2) is 42.7 Å². The van der Waals surface area contributed by atoms with E-state index in [-0.39, 0.29) is 0 Å². The van der Waals surface area contributed by atoms with Crippen molar-refractivity contribution in [3.8, 4) is 0 Å². The first-order valence-corrected chi connectivity index (χ1v) is 4.99. The Morgan fingerprint density at radius 2 is 2.00 bits per heavy atom. The Kier molecular flexibility index (Phi) is 2.68. The van der Waals surface area contributed by atoms with Gasteiger partial charge in [-0.05, 0) is 30.5 Å². The van der Waals surface area contributed by atoms with Gasteiger partial charge in [0.25, 0.3) is 0 Å². The summed E-state index contributed by atoms with van der Waals surface area (Å²) in [5, 5.41) is 0. The predicted octanol–water partition coefficient (Wildman–Crippen LogP) is 2.56. The van der Waals surface area contributed by atoms with E-state index in [1.807, 2.05) is 12.3 Å². The predicted molar refractivity (Wildman–Crippen MR) is 62.6 cm³/mol. The van der Waals surface area contributed by atoms with E-state index in [4.69, 9.17) is 5.73 Å². The minimum Gasteiger partial charge on any atom is -0.397 e. The summed E-state index contributed by atoms with van der Waals surface area (Å²) in [6.07, 6.45) is 4.41. The lowest BCUT2D eigenvalue weighted by molar-refractivity contribution is 1.14. The molecule has 0 aliphatic carbocycles. The third kappa shape index (κ3) is 2.56. The van der Waals surface area contributed by atoms with Crippen molar-refractivity contribution in [1.82, 2.24) is 4.98 Å². The van der Waals surface area contributed by atoms with Crippen LogP contribution in [0.1, 0.15) is 16.7 Å². The van der Waals surface area contributed by atoms with E-state index in [0.29, 0.717) is 0 Å². The summed E-state index contributed by atoms with van der Waals surface area (Å²) in [6.45, 7) is 2.10. The molecule has 1 aromatic heterocycles. The molecule has 0 aliphatic heterocycles. The molecule has 0 saturated heterocycles. The Morgan fingerprint density at radius 1 is 1.13 bits per heavy atom. The minimum atomic E-state index is 0.722. The van der Waals surface area contributed by atoms with Crippen LogP contribution in [0.3, 0.4) is 0 Å². The van der Waals surface area contributed by atoms with Gasteiger partial charge in [0.05, 0.1) is 5.69 Å². The number of rotatable bonds is 2. The Morgan fingerprint density at radius 3 is 2.73 bits per heavy atom. The van der Waals surface area contributed by atoms with Crippen LogP contribution in [-0.4, -0.2) is 4.98 Å². The minimum absolute atomic E-state index is 0.722. The van der Waals surface area contributed by atoms with E-state index in [2.05, 4.69) is 36.2 Å². The zero-order chi connectivity index (χ0) is 10.7. The average Bonchev–Trinajstić information content (AvgIpc) is 2.17. The van der Waals surface area contributed by atoms with E-state index in [1.165, 1.54) is 11.1 Å². The summed E-state index contributed by atoms with van der Waals surface area (Å²) in [4.78, 5) is 4.08. The van der Waals surface area contributed by atoms with Crippen molar-refractivity contribution in [3.63, 3.8) is 0 Å². The second-order valence-corrected chi connectivity index (χ2v) is 3.79. The Hall–Kier alpha value is -1.83. The van der Waals surface area contributed by atoms with Crippen molar-refractivity contribution in [2.24, 2.45) is 0 Å². The SMILES string of the molecule is Cc1cccc(Cc2cncc(N)c2)c1. The number of hydrogen-bond donors (Lipinski definition) is 1. The monoisotopic (exact) mass is 198 g/mol. The summed E-state index contributed by atoms with van der Waals surface area (Å²) in [7, 11) is 0. The Bertz CT molecular complexity index is 420.